The van der Waals surface area contributed by atoms with E-state index in [4.69, 9.17) is 5.73 Å². The maximum Gasteiger partial charge on any atom is 0.0631 e. The Labute approximate surface area is 85.3 Å². The van der Waals surface area contributed by atoms with Crippen molar-refractivity contribution >= 4 is 0 Å². The Kier molecular flexibility index (Phi) is 2.35. The van der Waals surface area contributed by atoms with Gasteiger partial charge in [0.25, 0.3) is 0 Å². The number of nitrogens with two attached hydrogens (primary N) is 1. The number of aromatic nitrogens is 2. The Morgan fingerprint density at radius 3 is 2.64 bits per heavy atom. The van der Waals surface area contributed by atoms with Crippen LogP contribution in [0.1, 0.15) is 36.9 Å². The summed E-state index contributed by atoms with van der Waals surface area (Å²) in [5.74, 6) is 0. The highest BCUT2D eigenvalue weighted by Gasteiger charge is 2.39. The van der Waals surface area contributed by atoms with E-state index in [9.17, 15) is 0 Å². The van der Waals surface area contributed by atoms with Crippen molar-refractivity contribution in [1.29, 1.82) is 0 Å². The maximum absolute atomic E-state index is 5.69. The summed E-state index contributed by atoms with van der Waals surface area (Å²) in [6.07, 6.45) is 7.20. The van der Waals surface area contributed by atoms with Gasteiger partial charge < -0.3 is 5.73 Å². The first-order valence-corrected chi connectivity index (χ1v) is 5.39. The summed E-state index contributed by atoms with van der Waals surface area (Å²) in [5, 5.41) is 4.42. The molecular formula is C11H19N3. The Hall–Kier alpha value is -0.830. The SMILES string of the molecule is Cc1nn(C)cc1C1(CCN)CCC1. The first-order chi connectivity index (χ1) is 6.68. The molecule has 2 rings (SSSR count). The lowest BCUT2D eigenvalue weighted by atomic mass is 9.62. The van der Waals surface area contributed by atoms with E-state index >= 15 is 0 Å². The quantitative estimate of drug-likeness (QED) is 0.790. The molecule has 0 amide bonds. The van der Waals surface area contributed by atoms with Gasteiger partial charge in [0, 0.05) is 13.2 Å². The van der Waals surface area contributed by atoms with Gasteiger partial charge in [-0.25, -0.2) is 0 Å². The Morgan fingerprint density at radius 1 is 1.57 bits per heavy atom. The second kappa shape index (κ2) is 3.39. The molecule has 0 radical (unpaired) electrons. The largest absolute Gasteiger partial charge is 0.330 e. The molecular weight excluding hydrogens is 174 g/mol. The Balaban J connectivity index is 2.31. The van der Waals surface area contributed by atoms with Gasteiger partial charge in [0.15, 0.2) is 0 Å². The van der Waals surface area contributed by atoms with Crippen molar-refractivity contribution in [3.8, 4) is 0 Å². The molecule has 1 aromatic heterocycles. The molecule has 78 valence electrons. The molecule has 14 heavy (non-hydrogen) atoms. The molecule has 1 heterocycles. The topological polar surface area (TPSA) is 43.8 Å². The smallest absolute Gasteiger partial charge is 0.0631 e. The summed E-state index contributed by atoms with van der Waals surface area (Å²) < 4.78 is 1.92. The third-order valence-corrected chi connectivity index (χ3v) is 3.52. The fourth-order valence-electron chi connectivity index (χ4n) is 2.65. The molecule has 0 unspecified atom stereocenters. The summed E-state index contributed by atoms with van der Waals surface area (Å²) in [6.45, 7) is 2.89. The highest BCUT2D eigenvalue weighted by Crippen LogP contribution is 2.46. The number of aryl methyl sites for hydroxylation is 2. The lowest BCUT2D eigenvalue weighted by Crippen LogP contribution is -2.36. The van der Waals surface area contributed by atoms with E-state index in [2.05, 4.69) is 18.2 Å². The van der Waals surface area contributed by atoms with Gasteiger partial charge in [-0.1, -0.05) is 6.42 Å². The molecule has 1 saturated carbocycles. The average molecular weight is 193 g/mol. The maximum atomic E-state index is 5.69. The molecule has 0 spiro atoms. The second-order valence-corrected chi connectivity index (χ2v) is 4.47. The average Bonchev–Trinajstić information content (AvgIpc) is 2.38. The molecule has 0 saturated heterocycles. The van der Waals surface area contributed by atoms with E-state index in [1.807, 2.05) is 11.7 Å². The number of hydrogen-bond acceptors (Lipinski definition) is 2. The summed E-state index contributed by atoms with van der Waals surface area (Å²) in [6, 6.07) is 0. The number of rotatable bonds is 3. The van der Waals surface area contributed by atoms with E-state index in [0.29, 0.717) is 5.41 Å². The number of nitrogens with zero attached hydrogens (tertiary/aromatic N) is 2. The molecule has 2 N–H and O–H groups in total. The third kappa shape index (κ3) is 1.36. The lowest BCUT2D eigenvalue weighted by Gasteiger charge is -2.42. The number of hydrogen-bond donors (Lipinski definition) is 1. The summed E-state index contributed by atoms with van der Waals surface area (Å²) in [7, 11) is 1.99. The van der Waals surface area contributed by atoms with Crippen molar-refractivity contribution in [2.24, 2.45) is 12.8 Å². The van der Waals surface area contributed by atoms with Crippen molar-refractivity contribution in [3.05, 3.63) is 17.5 Å². The summed E-state index contributed by atoms with van der Waals surface area (Å²) in [4.78, 5) is 0. The van der Waals surface area contributed by atoms with Crippen molar-refractivity contribution < 1.29 is 0 Å². The van der Waals surface area contributed by atoms with E-state index in [-0.39, 0.29) is 0 Å². The van der Waals surface area contributed by atoms with Crippen molar-refractivity contribution in [2.75, 3.05) is 6.54 Å². The monoisotopic (exact) mass is 193 g/mol. The molecule has 1 aromatic rings. The van der Waals surface area contributed by atoms with Gasteiger partial charge in [-0.15, -0.1) is 0 Å². The van der Waals surface area contributed by atoms with E-state index in [0.717, 1.165) is 13.0 Å². The van der Waals surface area contributed by atoms with Gasteiger partial charge in [-0.3, -0.25) is 4.68 Å². The summed E-state index contributed by atoms with van der Waals surface area (Å²) in [5.41, 5.74) is 8.67. The Morgan fingerprint density at radius 2 is 2.29 bits per heavy atom. The van der Waals surface area contributed by atoms with Crippen LogP contribution in [0.3, 0.4) is 0 Å². The highest BCUT2D eigenvalue weighted by atomic mass is 15.2. The van der Waals surface area contributed by atoms with E-state index in [1.54, 1.807) is 0 Å². The molecule has 0 bridgehead atoms. The Bertz CT molecular complexity index is 323. The van der Waals surface area contributed by atoms with Crippen LogP contribution in [0.2, 0.25) is 0 Å². The van der Waals surface area contributed by atoms with Crippen LogP contribution in [0.25, 0.3) is 0 Å². The fourth-order valence-corrected chi connectivity index (χ4v) is 2.65. The molecule has 0 aliphatic heterocycles. The highest BCUT2D eigenvalue weighted by molar-refractivity contribution is 5.29. The molecule has 0 aromatic carbocycles. The van der Waals surface area contributed by atoms with Crippen LogP contribution in [0.5, 0.6) is 0 Å². The van der Waals surface area contributed by atoms with Crippen molar-refractivity contribution in [1.82, 2.24) is 9.78 Å². The van der Waals surface area contributed by atoms with Crippen LogP contribution in [0, 0.1) is 6.92 Å². The van der Waals surface area contributed by atoms with E-state index in [1.165, 1.54) is 30.5 Å². The fraction of sp³-hybridized carbons (Fsp3) is 0.727. The van der Waals surface area contributed by atoms with Gasteiger partial charge in [-0.2, -0.15) is 5.10 Å². The molecule has 1 aliphatic carbocycles. The second-order valence-electron chi connectivity index (χ2n) is 4.47. The zero-order valence-corrected chi connectivity index (χ0v) is 9.08. The normalized spacial score (nSPS) is 19.4. The summed E-state index contributed by atoms with van der Waals surface area (Å²) >= 11 is 0. The minimum Gasteiger partial charge on any atom is -0.330 e. The minimum absolute atomic E-state index is 0.368. The third-order valence-electron chi connectivity index (χ3n) is 3.52. The first kappa shape index (κ1) is 9.71. The van der Waals surface area contributed by atoms with Gasteiger partial charge in [0.05, 0.1) is 5.69 Å². The zero-order valence-electron chi connectivity index (χ0n) is 9.08. The van der Waals surface area contributed by atoms with Crippen LogP contribution < -0.4 is 5.73 Å². The molecule has 1 fully saturated rings. The molecule has 0 atom stereocenters. The van der Waals surface area contributed by atoms with Gasteiger partial charge in [0.1, 0.15) is 0 Å². The zero-order chi connectivity index (χ0) is 10.2. The van der Waals surface area contributed by atoms with Crippen LogP contribution in [-0.4, -0.2) is 16.3 Å². The van der Waals surface area contributed by atoms with Gasteiger partial charge in [-0.05, 0) is 43.7 Å². The molecule has 3 nitrogen and oxygen atoms in total. The van der Waals surface area contributed by atoms with Crippen LogP contribution in [-0.2, 0) is 12.5 Å². The van der Waals surface area contributed by atoms with Crippen molar-refractivity contribution in [3.63, 3.8) is 0 Å². The lowest BCUT2D eigenvalue weighted by molar-refractivity contribution is 0.228. The van der Waals surface area contributed by atoms with Crippen LogP contribution >= 0.6 is 0 Å². The first-order valence-electron chi connectivity index (χ1n) is 5.39. The van der Waals surface area contributed by atoms with Crippen LogP contribution in [0.15, 0.2) is 6.20 Å². The minimum atomic E-state index is 0.368. The molecule has 1 aliphatic rings. The standard InChI is InChI=1S/C11H19N3/c1-9-10(8-14(2)13-9)11(6-7-12)4-3-5-11/h8H,3-7,12H2,1-2H3. The van der Waals surface area contributed by atoms with Crippen LogP contribution in [0.4, 0.5) is 0 Å². The van der Waals surface area contributed by atoms with E-state index < -0.39 is 0 Å². The predicted octanol–water partition coefficient (Wildman–Crippen LogP) is 1.50. The van der Waals surface area contributed by atoms with Gasteiger partial charge >= 0.3 is 0 Å². The van der Waals surface area contributed by atoms with Crippen molar-refractivity contribution in [2.45, 2.75) is 38.0 Å². The molecule has 3 heteroatoms. The predicted molar refractivity (Wildman–Crippen MR) is 57.1 cm³/mol. The van der Waals surface area contributed by atoms with Gasteiger partial charge in [0.2, 0.25) is 0 Å².